The summed E-state index contributed by atoms with van der Waals surface area (Å²) in [5.41, 5.74) is 0. The van der Waals surface area contributed by atoms with Gasteiger partial charge in [-0.15, -0.1) is 0 Å². The minimum Gasteiger partial charge on any atom is -0.479 e. The molecular weight excluding hydrogens is 1020 g/mol. The Labute approximate surface area is 491 Å². The first-order valence-corrected chi connectivity index (χ1v) is 31.9. The lowest BCUT2D eigenvalue weighted by Gasteiger charge is -2.40. The van der Waals surface area contributed by atoms with E-state index in [-0.39, 0.29) is 25.9 Å². The summed E-state index contributed by atoms with van der Waals surface area (Å²) in [6.07, 6.45) is 63.6. The van der Waals surface area contributed by atoms with Crippen molar-refractivity contribution in [3.05, 3.63) is 109 Å². The third-order valence-corrected chi connectivity index (χ3v) is 13.9. The van der Waals surface area contributed by atoms with Crippen LogP contribution in [0.25, 0.3) is 0 Å². The van der Waals surface area contributed by atoms with E-state index >= 15 is 0 Å². The van der Waals surface area contributed by atoms with E-state index in [0.29, 0.717) is 25.7 Å². The number of carboxylic acid groups (broad SMARTS) is 1. The lowest BCUT2D eigenvalue weighted by Crippen LogP contribution is -2.61. The van der Waals surface area contributed by atoms with Gasteiger partial charge in [-0.05, 0) is 89.9 Å². The van der Waals surface area contributed by atoms with Crippen molar-refractivity contribution in [2.24, 2.45) is 0 Å². The van der Waals surface area contributed by atoms with Crippen LogP contribution < -0.4 is 0 Å². The Morgan fingerprint density at radius 2 is 0.802 bits per heavy atom. The molecule has 12 heteroatoms. The van der Waals surface area contributed by atoms with E-state index in [1.165, 1.54) is 96.3 Å². The molecule has 1 heterocycles. The number of carbonyl (C=O) groups is 4. The van der Waals surface area contributed by atoms with Crippen LogP contribution in [-0.4, -0.2) is 89.2 Å². The average molecular weight is 1130 g/mol. The molecule has 0 bridgehead atoms. The number of rotatable bonds is 53. The SMILES string of the molecule is CC/C=C\C/C=C\C/C=C\C/C=C\C/C=C\C/C=C\CCC(=O)OC1C(OCC(COC(=O)CCCCCCCCCCCCCCCCCCCCC)OC(=O)CCCCC/C=C\C/C=C\C/C=C\CC)OC(C(=O)O)C(O)C1O. The molecular formula is C69H112O12. The van der Waals surface area contributed by atoms with E-state index in [0.717, 1.165) is 89.9 Å². The molecule has 1 rings (SSSR count). The number of carboxylic acids is 1. The number of ether oxygens (including phenoxy) is 5. The molecule has 0 aromatic rings. The third kappa shape index (κ3) is 45.6. The Morgan fingerprint density at radius 1 is 0.420 bits per heavy atom. The van der Waals surface area contributed by atoms with Gasteiger partial charge >= 0.3 is 23.9 Å². The molecule has 0 amide bonds. The topological polar surface area (TPSA) is 175 Å². The maximum atomic E-state index is 13.2. The molecule has 0 aromatic heterocycles. The van der Waals surface area contributed by atoms with Gasteiger partial charge in [-0.2, -0.15) is 0 Å². The van der Waals surface area contributed by atoms with E-state index in [1.54, 1.807) is 0 Å². The van der Waals surface area contributed by atoms with Crippen molar-refractivity contribution < 1.29 is 58.2 Å². The number of carbonyl (C=O) groups excluding carboxylic acids is 3. The van der Waals surface area contributed by atoms with E-state index < -0.39 is 67.3 Å². The lowest BCUT2D eigenvalue weighted by molar-refractivity contribution is -0.301. The third-order valence-electron chi connectivity index (χ3n) is 13.9. The Morgan fingerprint density at radius 3 is 1.23 bits per heavy atom. The Bertz CT molecular complexity index is 1820. The van der Waals surface area contributed by atoms with Gasteiger partial charge in [0.1, 0.15) is 18.8 Å². The second-order valence-corrected chi connectivity index (χ2v) is 21.3. The maximum absolute atomic E-state index is 13.2. The number of hydrogen-bond donors (Lipinski definition) is 3. The lowest BCUT2D eigenvalue weighted by atomic mass is 9.98. The molecule has 1 aliphatic rings. The number of aliphatic hydroxyl groups excluding tert-OH is 2. The molecule has 6 atom stereocenters. The van der Waals surface area contributed by atoms with Crippen LogP contribution in [0.15, 0.2) is 109 Å². The van der Waals surface area contributed by atoms with Crippen molar-refractivity contribution in [1.82, 2.24) is 0 Å². The summed E-state index contributed by atoms with van der Waals surface area (Å²) >= 11 is 0. The zero-order valence-electron chi connectivity index (χ0n) is 50.7. The van der Waals surface area contributed by atoms with Crippen LogP contribution in [0.2, 0.25) is 0 Å². The molecule has 1 saturated heterocycles. The summed E-state index contributed by atoms with van der Waals surface area (Å²) < 4.78 is 28.4. The minimum absolute atomic E-state index is 0.0723. The number of aliphatic carboxylic acids is 1. The molecule has 12 nitrogen and oxygen atoms in total. The molecule has 1 fully saturated rings. The standard InChI is InChI=1S/C69H112O12/c1-4-7-10-13-16-19-22-25-27-29-31-33-35-38-40-43-46-49-52-55-61(70)77-58-60(79-62(71)56-53-50-47-44-41-37-24-21-18-15-12-9-6-3)59-78-69-67(65(74)64(73)66(81-69)68(75)76)80-63(72)57-54-51-48-45-42-39-36-34-32-30-28-26-23-20-17-14-11-8-5-2/h8-9,11-12,17-18,20-21,26,28,32,34,37,39,41-42,48,51,60,64-67,69,73-74H,4-7,10,13-16,19,22-25,27,29-31,33,35-36,38,40,43-47,49-50,52-59H2,1-3H3,(H,75,76)/b11-8-,12-9-,20-17-,21-18-,28-26-,34-32-,41-37-,42-39-,51-48-. The number of unbranched alkanes of at least 4 members (excludes halogenated alkanes) is 21. The summed E-state index contributed by atoms with van der Waals surface area (Å²) in [7, 11) is 0. The summed E-state index contributed by atoms with van der Waals surface area (Å²) in [5.74, 6) is -3.27. The van der Waals surface area contributed by atoms with Gasteiger partial charge in [-0.25, -0.2) is 4.79 Å². The van der Waals surface area contributed by atoms with Crippen LogP contribution in [0.4, 0.5) is 0 Å². The van der Waals surface area contributed by atoms with Gasteiger partial charge in [0.05, 0.1) is 6.61 Å². The molecule has 3 N–H and O–H groups in total. The molecule has 0 spiro atoms. The van der Waals surface area contributed by atoms with Crippen LogP contribution in [0, 0.1) is 0 Å². The molecule has 6 unspecified atom stereocenters. The first-order valence-electron chi connectivity index (χ1n) is 31.9. The van der Waals surface area contributed by atoms with Crippen LogP contribution in [0.1, 0.15) is 252 Å². The fourth-order valence-electron chi connectivity index (χ4n) is 9.06. The smallest absolute Gasteiger partial charge is 0.335 e. The minimum atomic E-state index is -1.94. The first-order chi connectivity index (χ1) is 39.6. The van der Waals surface area contributed by atoms with Crippen molar-refractivity contribution in [1.29, 1.82) is 0 Å². The molecule has 0 aromatic carbocycles. The molecule has 0 aliphatic carbocycles. The van der Waals surface area contributed by atoms with Gasteiger partial charge in [0, 0.05) is 19.3 Å². The van der Waals surface area contributed by atoms with Gasteiger partial charge in [0.2, 0.25) is 0 Å². The highest BCUT2D eigenvalue weighted by Gasteiger charge is 2.50. The van der Waals surface area contributed by atoms with E-state index in [4.69, 9.17) is 23.7 Å². The first kappa shape index (κ1) is 74.4. The zero-order valence-corrected chi connectivity index (χ0v) is 50.7. The van der Waals surface area contributed by atoms with Crippen molar-refractivity contribution in [2.75, 3.05) is 13.2 Å². The molecule has 1 aliphatic heterocycles. The van der Waals surface area contributed by atoms with E-state index in [2.05, 4.69) is 112 Å². The highest BCUT2D eigenvalue weighted by Crippen LogP contribution is 2.26. The number of allylic oxidation sites excluding steroid dienone is 18. The van der Waals surface area contributed by atoms with E-state index in [1.807, 2.05) is 18.2 Å². The van der Waals surface area contributed by atoms with Crippen LogP contribution in [0.5, 0.6) is 0 Å². The van der Waals surface area contributed by atoms with Crippen LogP contribution in [0.3, 0.4) is 0 Å². The predicted octanol–water partition coefficient (Wildman–Crippen LogP) is 17.0. The van der Waals surface area contributed by atoms with Gasteiger partial charge in [0.15, 0.2) is 24.6 Å². The average Bonchev–Trinajstić information content (AvgIpc) is 3.54. The second-order valence-electron chi connectivity index (χ2n) is 21.3. The van der Waals surface area contributed by atoms with Crippen molar-refractivity contribution in [2.45, 2.75) is 289 Å². The molecule has 460 valence electrons. The van der Waals surface area contributed by atoms with Gasteiger partial charge in [0.25, 0.3) is 0 Å². The summed E-state index contributed by atoms with van der Waals surface area (Å²) in [5, 5.41) is 31.5. The largest absolute Gasteiger partial charge is 0.479 e. The number of hydrogen-bond acceptors (Lipinski definition) is 11. The molecule has 0 saturated carbocycles. The maximum Gasteiger partial charge on any atom is 0.335 e. The summed E-state index contributed by atoms with van der Waals surface area (Å²) in [6.45, 7) is 5.73. The summed E-state index contributed by atoms with van der Waals surface area (Å²) in [4.78, 5) is 51.2. The van der Waals surface area contributed by atoms with Gasteiger partial charge in [-0.1, -0.05) is 252 Å². The van der Waals surface area contributed by atoms with E-state index in [9.17, 15) is 34.5 Å². The molecule has 81 heavy (non-hydrogen) atoms. The fraction of sp³-hybridized carbons (Fsp3) is 0.681. The summed E-state index contributed by atoms with van der Waals surface area (Å²) in [6, 6.07) is 0. The predicted molar refractivity (Wildman–Crippen MR) is 330 cm³/mol. The highest BCUT2D eigenvalue weighted by atomic mass is 16.7. The van der Waals surface area contributed by atoms with Crippen molar-refractivity contribution in [3.8, 4) is 0 Å². The van der Waals surface area contributed by atoms with Crippen LogP contribution >= 0.6 is 0 Å². The van der Waals surface area contributed by atoms with Gasteiger partial charge < -0.3 is 39.0 Å². The second kappa shape index (κ2) is 55.9. The van der Waals surface area contributed by atoms with Crippen LogP contribution in [-0.2, 0) is 42.9 Å². The van der Waals surface area contributed by atoms with Crippen molar-refractivity contribution >= 4 is 23.9 Å². The molecule has 0 radical (unpaired) electrons. The quantitative estimate of drug-likeness (QED) is 0.0228. The monoisotopic (exact) mass is 1130 g/mol. The fourth-order valence-corrected chi connectivity index (χ4v) is 9.06. The Balaban J connectivity index is 2.70. The Hall–Kier alpha value is -4.62. The highest BCUT2D eigenvalue weighted by molar-refractivity contribution is 5.74. The Kier molecular flexibility index (Phi) is 51.3. The zero-order chi connectivity index (χ0) is 58.9. The number of esters is 3. The number of aliphatic hydroxyl groups is 2. The van der Waals surface area contributed by atoms with Crippen molar-refractivity contribution in [3.63, 3.8) is 0 Å². The normalized spacial score (nSPS) is 18.5. The van der Waals surface area contributed by atoms with Gasteiger partial charge in [-0.3, -0.25) is 14.4 Å².